The van der Waals surface area contributed by atoms with Gasteiger partial charge in [-0.3, -0.25) is 33.7 Å². The number of rotatable bonds is 15. The molecule has 0 saturated carbocycles. The lowest BCUT2D eigenvalue weighted by atomic mass is 10.1. The van der Waals surface area contributed by atoms with E-state index >= 15 is 0 Å². The van der Waals surface area contributed by atoms with E-state index in [2.05, 4.69) is 16.0 Å². The van der Waals surface area contributed by atoms with E-state index in [1.807, 2.05) is 0 Å². The largest absolute Gasteiger partial charge is 0.425 e. The van der Waals surface area contributed by atoms with Crippen LogP contribution in [0.1, 0.15) is 31.5 Å². The van der Waals surface area contributed by atoms with Crippen molar-refractivity contribution in [2.24, 2.45) is 0 Å². The van der Waals surface area contributed by atoms with E-state index in [0.717, 1.165) is 36.4 Å². The molecule has 3 aromatic rings. The van der Waals surface area contributed by atoms with Crippen LogP contribution >= 0.6 is 0 Å². The first-order chi connectivity index (χ1) is 21.9. The average molecular weight is 648 g/mol. The first-order valence-electron chi connectivity index (χ1n) is 13.6. The van der Waals surface area contributed by atoms with Crippen LogP contribution < -0.4 is 32.6 Å². The fraction of sp³-hybridized carbons (Fsp3) is 0.333. The normalized spacial score (nSPS) is 13.0. The van der Waals surface area contributed by atoms with Crippen LogP contribution in [0.4, 0.5) is 0 Å². The van der Waals surface area contributed by atoms with E-state index in [0.29, 0.717) is 0 Å². The van der Waals surface area contributed by atoms with Gasteiger partial charge in [0.05, 0.1) is 37.9 Å². The highest BCUT2D eigenvalue weighted by molar-refractivity contribution is 5.93. The van der Waals surface area contributed by atoms with E-state index < -0.39 is 89.4 Å². The number of carbonyl (C=O) groups is 3. The minimum Gasteiger partial charge on any atom is -0.425 e. The molecule has 0 unspecified atom stereocenters. The summed E-state index contributed by atoms with van der Waals surface area (Å²) in [5, 5.41) is 67.2. The molecule has 3 amide bonds. The number of nitrogens with zero attached hydrogens (tertiary/aromatic N) is 4. The zero-order chi connectivity index (χ0) is 34.0. The SMILES string of the molecule is O=C(N[C@@H](CO)CN(C[C@H](CO)NC(=O)c1cccc(=O)n1O)C[C@H](CO)NC(=O)c1cccc(=O)n1O)c1cccc(=O)n1O. The molecule has 0 aliphatic heterocycles. The van der Waals surface area contributed by atoms with Crippen molar-refractivity contribution < 1.29 is 45.3 Å². The molecule has 46 heavy (non-hydrogen) atoms. The van der Waals surface area contributed by atoms with Crippen LogP contribution in [0.25, 0.3) is 0 Å². The third kappa shape index (κ3) is 8.79. The number of hydrogen-bond acceptors (Lipinski definition) is 13. The number of aliphatic hydroxyl groups is 3. The Kier molecular flexibility index (Phi) is 12.2. The minimum atomic E-state index is -1.12. The Balaban J connectivity index is 1.85. The monoisotopic (exact) mass is 647 g/mol. The maximum atomic E-state index is 12.8. The lowest BCUT2D eigenvalue weighted by molar-refractivity contribution is 0.0763. The molecule has 0 saturated heterocycles. The second kappa shape index (κ2) is 16.0. The summed E-state index contributed by atoms with van der Waals surface area (Å²) < 4.78 is 0.306. The Labute approximate surface area is 258 Å². The van der Waals surface area contributed by atoms with Gasteiger partial charge in [-0.15, -0.1) is 14.2 Å². The highest BCUT2D eigenvalue weighted by Gasteiger charge is 2.26. The predicted octanol–water partition coefficient (Wildman–Crippen LogP) is -4.14. The second-order valence-electron chi connectivity index (χ2n) is 9.96. The standard InChI is InChI=1S/C27H33N7O12/c35-13-16(28-25(41)19-4-1-7-22(38)32(19)44)10-31(11-17(14-36)29-26(42)20-5-2-8-23(39)33(20)45)12-18(15-37)30-27(43)21-6-3-9-24(40)34(21)46/h1-9,16-18,35-37,44-46H,10-15H2,(H,28,41)(H,29,42)(H,30,43)/t16-,17-,18-/m1/s1. The molecule has 0 spiro atoms. The maximum absolute atomic E-state index is 12.8. The zero-order valence-electron chi connectivity index (χ0n) is 24.1. The predicted molar refractivity (Wildman–Crippen MR) is 155 cm³/mol. The van der Waals surface area contributed by atoms with Crippen LogP contribution in [0.5, 0.6) is 0 Å². The van der Waals surface area contributed by atoms with Crippen molar-refractivity contribution >= 4 is 17.7 Å². The van der Waals surface area contributed by atoms with E-state index in [1.54, 1.807) is 0 Å². The third-order valence-electron chi connectivity index (χ3n) is 6.59. The zero-order valence-corrected chi connectivity index (χ0v) is 24.1. The van der Waals surface area contributed by atoms with Crippen molar-refractivity contribution in [3.8, 4) is 0 Å². The average Bonchev–Trinajstić information content (AvgIpc) is 3.03. The van der Waals surface area contributed by atoms with Gasteiger partial charge in [0.1, 0.15) is 17.1 Å². The number of carbonyl (C=O) groups excluding carboxylic acids is 3. The molecule has 0 aromatic carbocycles. The third-order valence-corrected chi connectivity index (χ3v) is 6.59. The van der Waals surface area contributed by atoms with E-state index in [1.165, 1.54) is 23.1 Å². The summed E-state index contributed by atoms with van der Waals surface area (Å²) >= 11 is 0. The lowest BCUT2D eigenvalue weighted by Gasteiger charge is -2.33. The number of aliphatic hydroxyl groups excluding tert-OH is 3. The Morgan fingerprint density at radius 3 is 1.04 bits per heavy atom. The topological polar surface area (TPSA) is 278 Å². The van der Waals surface area contributed by atoms with Gasteiger partial charge in [-0.05, 0) is 18.2 Å². The van der Waals surface area contributed by atoms with Crippen LogP contribution in [0, 0.1) is 0 Å². The summed E-state index contributed by atoms with van der Waals surface area (Å²) in [6, 6.07) is 6.76. The molecule has 248 valence electrons. The maximum Gasteiger partial charge on any atom is 0.283 e. The fourth-order valence-corrected chi connectivity index (χ4v) is 4.34. The first kappa shape index (κ1) is 35.0. The van der Waals surface area contributed by atoms with Crippen LogP contribution in [0.3, 0.4) is 0 Å². The fourth-order valence-electron chi connectivity index (χ4n) is 4.34. The Bertz CT molecular complexity index is 1520. The van der Waals surface area contributed by atoms with Gasteiger partial charge in [0.25, 0.3) is 34.4 Å². The number of amides is 3. The van der Waals surface area contributed by atoms with Gasteiger partial charge >= 0.3 is 0 Å². The molecule has 3 aromatic heterocycles. The summed E-state index contributed by atoms with van der Waals surface area (Å²) in [7, 11) is 0. The molecule has 19 nitrogen and oxygen atoms in total. The molecule has 0 bridgehead atoms. The quantitative estimate of drug-likeness (QED) is 0.0710. The summed E-state index contributed by atoms with van der Waals surface area (Å²) in [4.78, 5) is 75.0. The van der Waals surface area contributed by atoms with Crippen molar-refractivity contribution in [3.05, 3.63) is 103 Å². The molecule has 3 rings (SSSR count). The molecule has 19 heteroatoms. The lowest BCUT2D eigenvalue weighted by Crippen LogP contribution is -2.55. The van der Waals surface area contributed by atoms with Gasteiger partial charge < -0.3 is 46.9 Å². The number of nitrogens with one attached hydrogen (secondary N) is 3. The number of pyridine rings is 3. The van der Waals surface area contributed by atoms with E-state index in [4.69, 9.17) is 0 Å². The van der Waals surface area contributed by atoms with Crippen LogP contribution in [0.2, 0.25) is 0 Å². The van der Waals surface area contributed by atoms with Crippen molar-refractivity contribution in [2.75, 3.05) is 39.5 Å². The number of aromatic nitrogens is 3. The molecule has 0 aliphatic carbocycles. The summed E-state index contributed by atoms with van der Waals surface area (Å²) in [6.07, 6.45) is 0. The van der Waals surface area contributed by atoms with Gasteiger partial charge in [0, 0.05) is 37.8 Å². The summed E-state index contributed by atoms with van der Waals surface area (Å²) in [5.41, 5.74) is -4.03. The van der Waals surface area contributed by atoms with Crippen molar-refractivity contribution in [2.45, 2.75) is 18.1 Å². The highest BCUT2D eigenvalue weighted by Crippen LogP contribution is 2.05. The molecular weight excluding hydrogens is 614 g/mol. The van der Waals surface area contributed by atoms with E-state index in [-0.39, 0.29) is 33.8 Å². The Hall–Kier alpha value is -5.50. The van der Waals surface area contributed by atoms with Crippen molar-refractivity contribution in [3.63, 3.8) is 0 Å². The number of hydrogen-bond donors (Lipinski definition) is 9. The second-order valence-corrected chi connectivity index (χ2v) is 9.96. The van der Waals surface area contributed by atoms with E-state index in [9.17, 15) is 59.7 Å². The van der Waals surface area contributed by atoms with Crippen LogP contribution in [-0.4, -0.2) is 125 Å². The van der Waals surface area contributed by atoms with Crippen LogP contribution in [-0.2, 0) is 0 Å². The Morgan fingerprint density at radius 2 is 0.804 bits per heavy atom. The summed E-state index contributed by atoms with van der Waals surface area (Å²) in [5.74, 6) is -2.85. The Morgan fingerprint density at radius 1 is 0.543 bits per heavy atom. The van der Waals surface area contributed by atoms with Gasteiger partial charge in [0.15, 0.2) is 0 Å². The highest BCUT2D eigenvalue weighted by atomic mass is 16.5. The first-order valence-corrected chi connectivity index (χ1v) is 13.6. The van der Waals surface area contributed by atoms with Crippen molar-refractivity contribution in [1.29, 1.82) is 0 Å². The molecule has 0 aliphatic rings. The van der Waals surface area contributed by atoms with Crippen LogP contribution in [0.15, 0.2) is 69.0 Å². The van der Waals surface area contributed by atoms with Gasteiger partial charge in [-0.1, -0.05) is 18.2 Å². The van der Waals surface area contributed by atoms with Gasteiger partial charge in [0.2, 0.25) is 0 Å². The van der Waals surface area contributed by atoms with Gasteiger partial charge in [-0.25, -0.2) is 0 Å². The molecule has 9 N–H and O–H groups in total. The summed E-state index contributed by atoms with van der Waals surface area (Å²) in [6.45, 7) is -2.89. The minimum absolute atomic E-state index is 0.102. The van der Waals surface area contributed by atoms with Crippen molar-refractivity contribution in [1.82, 2.24) is 35.0 Å². The molecule has 3 atom stereocenters. The molecular formula is C27H33N7O12. The molecule has 0 fully saturated rings. The molecule has 3 heterocycles. The molecule has 0 radical (unpaired) electrons. The smallest absolute Gasteiger partial charge is 0.283 e. The van der Waals surface area contributed by atoms with Gasteiger partial charge in [-0.2, -0.15) is 0 Å².